The van der Waals surface area contributed by atoms with E-state index in [1.165, 1.54) is 12.8 Å². The molecule has 0 amide bonds. The van der Waals surface area contributed by atoms with E-state index in [4.69, 9.17) is 4.74 Å². The van der Waals surface area contributed by atoms with Crippen molar-refractivity contribution in [3.8, 4) is 0 Å². The second kappa shape index (κ2) is 4.73. The molecule has 3 nitrogen and oxygen atoms in total. The highest BCUT2D eigenvalue weighted by atomic mass is 16.5. The maximum absolute atomic E-state index is 10.0. The first kappa shape index (κ1) is 10.6. The van der Waals surface area contributed by atoms with Crippen molar-refractivity contribution >= 4 is 0 Å². The topological polar surface area (TPSA) is 42.4 Å². The third-order valence-electron chi connectivity index (χ3n) is 2.91. The molecule has 0 aromatic carbocycles. The lowest BCUT2D eigenvalue weighted by molar-refractivity contribution is -0.0238. The molecule has 1 fully saturated rings. The minimum Gasteiger partial charge on any atom is -0.390 e. The Balaban J connectivity index is 1.93. The summed E-state index contributed by atoms with van der Waals surface area (Å²) >= 11 is 0. The van der Waals surface area contributed by atoms with Crippen molar-refractivity contribution in [1.29, 1.82) is 0 Å². The molecule has 1 aromatic rings. The molecule has 1 N–H and O–H groups in total. The van der Waals surface area contributed by atoms with Gasteiger partial charge in [0.05, 0.1) is 12.2 Å². The zero-order chi connectivity index (χ0) is 10.7. The molecule has 1 heterocycles. The van der Waals surface area contributed by atoms with Crippen LogP contribution in [0, 0.1) is 5.92 Å². The van der Waals surface area contributed by atoms with Gasteiger partial charge in [-0.2, -0.15) is 0 Å². The van der Waals surface area contributed by atoms with Gasteiger partial charge in [-0.05, 0) is 30.4 Å². The van der Waals surface area contributed by atoms with Crippen LogP contribution in [0.15, 0.2) is 24.5 Å². The fourth-order valence-corrected chi connectivity index (χ4v) is 1.96. The van der Waals surface area contributed by atoms with Crippen LogP contribution >= 0.6 is 0 Å². The Morgan fingerprint density at radius 2 is 2.40 bits per heavy atom. The van der Waals surface area contributed by atoms with E-state index in [2.05, 4.69) is 4.98 Å². The molecule has 2 atom stereocenters. The quantitative estimate of drug-likeness (QED) is 0.793. The molecule has 1 saturated carbocycles. The van der Waals surface area contributed by atoms with Gasteiger partial charge in [-0.25, -0.2) is 0 Å². The Labute approximate surface area is 90.1 Å². The van der Waals surface area contributed by atoms with Crippen LogP contribution < -0.4 is 0 Å². The number of nitrogens with zero attached hydrogens (tertiary/aromatic N) is 1. The van der Waals surface area contributed by atoms with Gasteiger partial charge in [-0.3, -0.25) is 4.98 Å². The van der Waals surface area contributed by atoms with Crippen LogP contribution in [0.1, 0.15) is 18.4 Å². The van der Waals surface area contributed by atoms with Crippen molar-refractivity contribution in [2.45, 2.75) is 31.5 Å². The molecular weight excluding hydrogens is 190 g/mol. The van der Waals surface area contributed by atoms with E-state index >= 15 is 0 Å². The predicted molar refractivity (Wildman–Crippen MR) is 57.5 cm³/mol. The minimum absolute atomic E-state index is 0.00907. The largest absolute Gasteiger partial charge is 0.390 e. The highest BCUT2D eigenvalue weighted by Gasteiger charge is 2.35. The zero-order valence-electron chi connectivity index (χ0n) is 8.97. The summed E-state index contributed by atoms with van der Waals surface area (Å²) in [7, 11) is 1.68. The summed E-state index contributed by atoms with van der Waals surface area (Å²) in [6, 6.07) is 3.87. The summed E-state index contributed by atoms with van der Waals surface area (Å²) in [5, 5.41) is 10.0. The first-order chi connectivity index (χ1) is 7.31. The lowest BCUT2D eigenvalue weighted by Crippen LogP contribution is -2.31. The SMILES string of the molecule is COC(C(O)Cc1cccnc1)C1CC1. The van der Waals surface area contributed by atoms with Crippen LogP contribution in [0.25, 0.3) is 0 Å². The highest BCUT2D eigenvalue weighted by Crippen LogP contribution is 2.36. The fourth-order valence-electron chi connectivity index (χ4n) is 1.96. The molecule has 82 valence electrons. The number of aromatic nitrogens is 1. The molecular formula is C12H17NO2. The van der Waals surface area contributed by atoms with Crippen LogP contribution in [0.3, 0.4) is 0 Å². The van der Waals surface area contributed by atoms with Crippen molar-refractivity contribution in [3.05, 3.63) is 30.1 Å². The summed E-state index contributed by atoms with van der Waals surface area (Å²) in [6.07, 6.45) is 6.11. The number of hydrogen-bond donors (Lipinski definition) is 1. The van der Waals surface area contributed by atoms with Crippen LogP contribution in [-0.4, -0.2) is 29.4 Å². The Morgan fingerprint density at radius 1 is 1.60 bits per heavy atom. The summed E-state index contributed by atoms with van der Waals surface area (Å²) in [5.41, 5.74) is 1.06. The van der Waals surface area contributed by atoms with Gasteiger partial charge in [0.25, 0.3) is 0 Å². The lowest BCUT2D eigenvalue weighted by Gasteiger charge is -2.21. The molecule has 2 rings (SSSR count). The smallest absolute Gasteiger partial charge is 0.0861 e. The molecule has 0 aliphatic heterocycles. The Hall–Kier alpha value is -0.930. The Bertz CT molecular complexity index is 298. The van der Waals surface area contributed by atoms with Crippen LogP contribution in [0.2, 0.25) is 0 Å². The third-order valence-corrected chi connectivity index (χ3v) is 2.91. The lowest BCUT2D eigenvalue weighted by atomic mass is 10.0. The molecule has 0 bridgehead atoms. The average Bonchev–Trinajstić information content (AvgIpc) is 3.04. The monoisotopic (exact) mass is 207 g/mol. The van der Waals surface area contributed by atoms with E-state index in [1.54, 1.807) is 19.5 Å². The standard InChI is InChI=1S/C12H17NO2/c1-15-12(10-4-5-10)11(14)7-9-3-2-6-13-8-9/h2-3,6,8,10-12,14H,4-5,7H2,1H3. The van der Waals surface area contributed by atoms with Gasteiger partial charge in [0.15, 0.2) is 0 Å². The van der Waals surface area contributed by atoms with Crippen molar-refractivity contribution in [3.63, 3.8) is 0 Å². The first-order valence-corrected chi connectivity index (χ1v) is 5.41. The second-order valence-corrected chi connectivity index (χ2v) is 4.17. The van der Waals surface area contributed by atoms with E-state index in [-0.39, 0.29) is 6.10 Å². The number of ether oxygens (including phenoxy) is 1. The molecule has 0 saturated heterocycles. The third kappa shape index (κ3) is 2.76. The maximum Gasteiger partial charge on any atom is 0.0861 e. The van der Waals surface area contributed by atoms with Crippen molar-refractivity contribution < 1.29 is 9.84 Å². The van der Waals surface area contributed by atoms with Crippen molar-refractivity contribution in [2.24, 2.45) is 5.92 Å². The van der Waals surface area contributed by atoms with Gasteiger partial charge in [-0.15, -0.1) is 0 Å². The molecule has 0 spiro atoms. The summed E-state index contributed by atoms with van der Waals surface area (Å²) in [5.74, 6) is 0.557. The fraction of sp³-hybridized carbons (Fsp3) is 0.583. The van der Waals surface area contributed by atoms with Crippen LogP contribution in [0.4, 0.5) is 0 Å². The molecule has 0 radical (unpaired) electrons. The summed E-state index contributed by atoms with van der Waals surface area (Å²) in [6.45, 7) is 0. The molecule has 2 unspecified atom stereocenters. The summed E-state index contributed by atoms with van der Waals surface area (Å²) in [4.78, 5) is 4.03. The van der Waals surface area contributed by atoms with Gasteiger partial charge in [0, 0.05) is 25.9 Å². The van der Waals surface area contributed by atoms with Crippen LogP contribution in [0.5, 0.6) is 0 Å². The van der Waals surface area contributed by atoms with Gasteiger partial charge in [-0.1, -0.05) is 6.07 Å². The Kier molecular flexibility index (Phi) is 3.34. The van der Waals surface area contributed by atoms with E-state index in [0.717, 1.165) is 5.56 Å². The average molecular weight is 207 g/mol. The number of aliphatic hydroxyl groups excluding tert-OH is 1. The summed E-state index contributed by atoms with van der Waals surface area (Å²) < 4.78 is 5.34. The number of rotatable bonds is 5. The van der Waals surface area contributed by atoms with Gasteiger partial charge < -0.3 is 9.84 Å². The number of hydrogen-bond acceptors (Lipinski definition) is 3. The minimum atomic E-state index is -0.410. The second-order valence-electron chi connectivity index (χ2n) is 4.17. The Morgan fingerprint density at radius 3 is 2.93 bits per heavy atom. The molecule has 1 aliphatic carbocycles. The van der Waals surface area contributed by atoms with Crippen molar-refractivity contribution in [2.75, 3.05) is 7.11 Å². The maximum atomic E-state index is 10.0. The van der Waals surface area contributed by atoms with Gasteiger partial charge >= 0.3 is 0 Å². The molecule has 15 heavy (non-hydrogen) atoms. The molecule has 1 aliphatic rings. The normalized spacial score (nSPS) is 19.9. The van der Waals surface area contributed by atoms with E-state index in [1.807, 2.05) is 12.1 Å². The van der Waals surface area contributed by atoms with E-state index in [0.29, 0.717) is 12.3 Å². The van der Waals surface area contributed by atoms with Crippen molar-refractivity contribution in [1.82, 2.24) is 4.98 Å². The highest BCUT2D eigenvalue weighted by molar-refractivity contribution is 5.10. The van der Waals surface area contributed by atoms with Gasteiger partial charge in [0.1, 0.15) is 0 Å². The predicted octanol–water partition coefficient (Wildman–Crippen LogP) is 1.41. The van der Waals surface area contributed by atoms with E-state index in [9.17, 15) is 5.11 Å². The number of aliphatic hydroxyl groups is 1. The van der Waals surface area contributed by atoms with Crippen LogP contribution in [-0.2, 0) is 11.2 Å². The van der Waals surface area contributed by atoms with Gasteiger partial charge in [0.2, 0.25) is 0 Å². The van der Waals surface area contributed by atoms with E-state index < -0.39 is 6.10 Å². The first-order valence-electron chi connectivity index (χ1n) is 5.41. The number of methoxy groups -OCH3 is 1. The molecule has 1 aromatic heterocycles. The molecule has 3 heteroatoms. The number of pyridine rings is 1. The zero-order valence-corrected chi connectivity index (χ0v) is 8.97.